The van der Waals surface area contributed by atoms with Crippen LogP contribution >= 0.6 is 0 Å². The molecule has 1 atom stereocenters. The summed E-state index contributed by atoms with van der Waals surface area (Å²) in [6, 6.07) is -0.750. The van der Waals surface area contributed by atoms with Crippen molar-refractivity contribution in [3.8, 4) is 0 Å². The monoisotopic (exact) mass is 241 g/mol. The Hall–Kier alpha value is -1.06. The minimum absolute atomic E-state index is 0.0944. The minimum atomic E-state index is -0.936. The van der Waals surface area contributed by atoms with E-state index in [4.69, 9.17) is 5.11 Å². The lowest BCUT2D eigenvalue weighted by Crippen LogP contribution is -2.47. The van der Waals surface area contributed by atoms with Crippen LogP contribution in [-0.4, -0.2) is 23.0 Å². The van der Waals surface area contributed by atoms with Crippen LogP contribution in [-0.2, 0) is 9.59 Å². The molecule has 98 valence electrons. The van der Waals surface area contributed by atoms with Crippen molar-refractivity contribution in [1.82, 2.24) is 5.32 Å². The summed E-state index contributed by atoms with van der Waals surface area (Å²) in [5.41, 5.74) is -0.356. The second-order valence-electron chi connectivity index (χ2n) is 5.76. The first kappa shape index (κ1) is 14.0. The zero-order valence-corrected chi connectivity index (χ0v) is 11.0. The molecule has 1 aliphatic rings. The highest BCUT2D eigenvalue weighted by Gasteiger charge is 2.38. The van der Waals surface area contributed by atoms with E-state index in [1.54, 1.807) is 0 Å². The van der Waals surface area contributed by atoms with Gasteiger partial charge in [0.25, 0.3) is 0 Å². The van der Waals surface area contributed by atoms with Crippen LogP contribution in [0, 0.1) is 11.3 Å². The average molecular weight is 241 g/mol. The molecule has 0 aromatic carbocycles. The fraction of sp³-hybridized carbons (Fsp3) is 0.846. The lowest BCUT2D eigenvalue weighted by atomic mass is 9.87. The smallest absolute Gasteiger partial charge is 0.326 e. The van der Waals surface area contributed by atoms with Gasteiger partial charge in [-0.25, -0.2) is 4.79 Å². The summed E-state index contributed by atoms with van der Waals surface area (Å²) < 4.78 is 0. The van der Waals surface area contributed by atoms with Crippen molar-refractivity contribution in [3.63, 3.8) is 0 Å². The summed E-state index contributed by atoms with van der Waals surface area (Å²) >= 11 is 0. The van der Waals surface area contributed by atoms with Gasteiger partial charge in [-0.1, -0.05) is 33.6 Å². The molecule has 1 amide bonds. The Kier molecular flexibility index (Phi) is 4.54. The number of amides is 1. The van der Waals surface area contributed by atoms with Gasteiger partial charge in [0, 0.05) is 5.41 Å². The summed E-state index contributed by atoms with van der Waals surface area (Å²) in [6.45, 7) is 5.85. The van der Waals surface area contributed by atoms with Gasteiger partial charge in [0.15, 0.2) is 0 Å². The van der Waals surface area contributed by atoms with Gasteiger partial charge in [-0.15, -0.1) is 0 Å². The van der Waals surface area contributed by atoms with Gasteiger partial charge in [0.05, 0.1) is 0 Å². The van der Waals surface area contributed by atoms with Crippen LogP contribution in [0.3, 0.4) is 0 Å². The molecule has 2 N–H and O–H groups in total. The third kappa shape index (κ3) is 3.72. The number of hydrogen-bond donors (Lipinski definition) is 2. The van der Waals surface area contributed by atoms with Crippen molar-refractivity contribution < 1.29 is 14.7 Å². The minimum Gasteiger partial charge on any atom is -0.480 e. The summed E-state index contributed by atoms with van der Waals surface area (Å²) in [6.07, 6.45) is 4.34. The van der Waals surface area contributed by atoms with Gasteiger partial charge in [0.1, 0.15) is 6.04 Å². The number of carbonyl (C=O) groups is 2. The lowest BCUT2D eigenvalue weighted by molar-refractivity contribution is -0.144. The first-order valence-corrected chi connectivity index (χ1v) is 6.39. The third-order valence-electron chi connectivity index (χ3n) is 3.57. The van der Waals surface area contributed by atoms with Crippen LogP contribution in [0.25, 0.3) is 0 Å². The predicted octanol–water partition coefficient (Wildman–Crippen LogP) is 2.18. The van der Waals surface area contributed by atoms with Crippen molar-refractivity contribution in [2.24, 2.45) is 11.3 Å². The molecule has 1 aliphatic carbocycles. The number of carbonyl (C=O) groups excluding carboxylic acids is 1. The van der Waals surface area contributed by atoms with Crippen molar-refractivity contribution in [3.05, 3.63) is 0 Å². The van der Waals surface area contributed by atoms with Crippen LogP contribution in [0.5, 0.6) is 0 Å². The Bertz CT molecular complexity index is 293. The molecule has 0 saturated heterocycles. The van der Waals surface area contributed by atoms with E-state index in [9.17, 15) is 9.59 Å². The number of carboxylic acids is 1. The first-order chi connectivity index (χ1) is 7.85. The molecule has 1 saturated carbocycles. The maximum atomic E-state index is 12.1. The Balaban J connectivity index is 2.60. The topological polar surface area (TPSA) is 66.4 Å². The summed E-state index contributed by atoms with van der Waals surface area (Å²) in [5, 5.41) is 11.8. The van der Waals surface area contributed by atoms with Gasteiger partial charge in [0.2, 0.25) is 5.91 Å². The van der Waals surface area contributed by atoms with Gasteiger partial charge in [-0.2, -0.15) is 0 Å². The number of carboxylic acid groups (broad SMARTS) is 1. The molecule has 0 spiro atoms. The molecule has 0 aliphatic heterocycles. The summed E-state index contributed by atoms with van der Waals surface area (Å²) in [7, 11) is 0. The van der Waals surface area contributed by atoms with Crippen LogP contribution in [0.2, 0.25) is 0 Å². The quantitative estimate of drug-likeness (QED) is 0.775. The highest BCUT2D eigenvalue weighted by atomic mass is 16.4. The van der Waals surface area contributed by atoms with Crippen molar-refractivity contribution in [2.45, 2.75) is 58.9 Å². The normalized spacial score (nSPS) is 20.2. The Morgan fingerprint density at radius 1 is 1.29 bits per heavy atom. The third-order valence-corrected chi connectivity index (χ3v) is 3.57. The van der Waals surface area contributed by atoms with E-state index in [1.807, 2.05) is 20.8 Å². The Morgan fingerprint density at radius 2 is 1.82 bits per heavy atom. The Morgan fingerprint density at radius 3 is 2.24 bits per heavy atom. The second-order valence-corrected chi connectivity index (χ2v) is 5.76. The molecule has 0 aromatic heterocycles. The van der Waals surface area contributed by atoms with Gasteiger partial charge in [-0.3, -0.25) is 4.79 Å². The van der Waals surface area contributed by atoms with Gasteiger partial charge >= 0.3 is 5.97 Å². The van der Waals surface area contributed by atoms with Gasteiger partial charge < -0.3 is 10.4 Å². The SMILES string of the molecule is CC(C)C[C@@H](NC(=O)C1(C)CCCC1)C(=O)O. The van der Waals surface area contributed by atoms with Crippen LogP contribution < -0.4 is 5.32 Å². The summed E-state index contributed by atoms with van der Waals surface area (Å²) in [4.78, 5) is 23.2. The molecule has 0 radical (unpaired) electrons. The number of hydrogen-bond acceptors (Lipinski definition) is 2. The fourth-order valence-corrected chi connectivity index (χ4v) is 2.41. The molecule has 1 fully saturated rings. The van der Waals surface area contributed by atoms with E-state index in [2.05, 4.69) is 5.32 Å². The Labute approximate surface area is 103 Å². The first-order valence-electron chi connectivity index (χ1n) is 6.39. The zero-order valence-electron chi connectivity index (χ0n) is 11.0. The van der Waals surface area contributed by atoms with Crippen LogP contribution in [0.4, 0.5) is 0 Å². The predicted molar refractivity (Wildman–Crippen MR) is 65.6 cm³/mol. The van der Waals surface area contributed by atoms with Crippen molar-refractivity contribution in [1.29, 1.82) is 0 Å². The number of rotatable bonds is 5. The molecule has 0 unspecified atom stereocenters. The molecule has 0 heterocycles. The largest absolute Gasteiger partial charge is 0.480 e. The van der Waals surface area contributed by atoms with Crippen molar-refractivity contribution in [2.75, 3.05) is 0 Å². The molecule has 0 bridgehead atoms. The number of nitrogens with one attached hydrogen (secondary N) is 1. The van der Waals surface area contributed by atoms with Crippen LogP contribution in [0.15, 0.2) is 0 Å². The average Bonchev–Trinajstić information content (AvgIpc) is 2.64. The highest BCUT2D eigenvalue weighted by molar-refractivity contribution is 5.87. The van der Waals surface area contributed by atoms with E-state index in [1.165, 1.54) is 0 Å². The van der Waals surface area contributed by atoms with E-state index >= 15 is 0 Å². The molecule has 4 nitrogen and oxygen atoms in total. The molecule has 4 heteroatoms. The van der Waals surface area contributed by atoms with E-state index in [0.717, 1.165) is 25.7 Å². The van der Waals surface area contributed by atoms with E-state index in [0.29, 0.717) is 6.42 Å². The maximum Gasteiger partial charge on any atom is 0.326 e. The molecule has 17 heavy (non-hydrogen) atoms. The zero-order chi connectivity index (χ0) is 13.1. The standard InChI is InChI=1S/C13H23NO3/c1-9(2)8-10(11(15)16)14-12(17)13(3)6-4-5-7-13/h9-10H,4-8H2,1-3H3,(H,14,17)(H,15,16)/t10-/m1/s1. The van der Waals surface area contributed by atoms with Crippen molar-refractivity contribution >= 4 is 11.9 Å². The van der Waals surface area contributed by atoms with Crippen LogP contribution in [0.1, 0.15) is 52.9 Å². The molecule has 0 aromatic rings. The molecular weight excluding hydrogens is 218 g/mol. The summed E-state index contributed by atoms with van der Waals surface area (Å²) in [5.74, 6) is -0.774. The van der Waals surface area contributed by atoms with E-state index in [-0.39, 0.29) is 17.2 Å². The fourth-order valence-electron chi connectivity index (χ4n) is 2.41. The molecule has 1 rings (SSSR count). The van der Waals surface area contributed by atoms with E-state index < -0.39 is 12.0 Å². The second kappa shape index (κ2) is 5.52. The number of aliphatic carboxylic acids is 1. The maximum absolute atomic E-state index is 12.1. The highest BCUT2D eigenvalue weighted by Crippen LogP contribution is 2.37. The lowest BCUT2D eigenvalue weighted by Gasteiger charge is -2.25. The molecular formula is C13H23NO3. The van der Waals surface area contributed by atoms with Gasteiger partial charge in [-0.05, 0) is 25.2 Å².